The molecule has 0 aliphatic heterocycles. The number of rotatable bonds is 5. The number of hydrogen-bond donors (Lipinski definition) is 3. The van der Waals surface area contributed by atoms with E-state index in [1.165, 1.54) is 0 Å². The molecular formula is C16H20BrN5O2. The molecule has 7 nitrogen and oxygen atoms in total. The summed E-state index contributed by atoms with van der Waals surface area (Å²) in [5, 5.41) is 9.74. The molecule has 2 aromatic rings. The molecule has 0 aliphatic rings. The van der Waals surface area contributed by atoms with Gasteiger partial charge in [0.2, 0.25) is 5.91 Å². The minimum Gasteiger partial charge on any atom is -0.352 e. The van der Waals surface area contributed by atoms with Gasteiger partial charge in [-0.25, -0.2) is 4.79 Å². The van der Waals surface area contributed by atoms with Gasteiger partial charge in [0.05, 0.1) is 29.5 Å². The number of aryl methyl sites for hydroxylation is 2. The smallest absolute Gasteiger partial charge is 0.312 e. The van der Waals surface area contributed by atoms with Gasteiger partial charge in [0.25, 0.3) is 0 Å². The van der Waals surface area contributed by atoms with Gasteiger partial charge in [-0.05, 0) is 31.5 Å². The Morgan fingerprint density at radius 2 is 1.92 bits per heavy atom. The number of aromatic nitrogens is 2. The van der Waals surface area contributed by atoms with Gasteiger partial charge in [0, 0.05) is 11.5 Å². The molecule has 0 saturated carbocycles. The van der Waals surface area contributed by atoms with Gasteiger partial charge in [-0.1, -0.05) is 28.1 Å². The first-order valence-corrected chi connectivity index (χ1v) is 8.18. The number of carbonyl (C=O) groups excluding carboxylic acids is 2. The zero-order valence-corrected chi connectivity index (χ0v) is 15.3. The maximum absolute atomic E-state index is 12.4. The fraction of sp³-hybridized carbons (Fsp3) is 0.312. The quantitative estimate of drug-likeness (QED) is 0.726. The fourth-order valence-corrected chi connectivity index (χ4v) is 2.71. The van der Waals surface area contributed by atoms with Crippen LogP contribution in [0.5, 0.6) is 0 Å². The molecule has 1 unspecified atom stereocenters. The Morgan fingerprint density at radius 3 is 2.42 bits per heavy atom. The molecule has 1 heterocycles. The topological polar surface area (TPSA) is 102 Å². The first-order chi connectivity index (χ1) is 11.3. The fourth-order valence-electron chi connectivity index (χ4n) is 2.45. The highest BCUT2D eigenvalue weighted by atomic mass is 79.9. The highest BCUT2D eigenvalue weighted by Crippen LogP contribution is 2.22. The molecule has 24 heavy (non-hydrogen) atoms. The Morgan fingerprint density at radius 1 is 1.29 bits per heavy atom. The number of anilines is 1. The average Bonchev–Trinajstić information content (AvgIpc) is 2.73. The highest BCUT2D eigenvalue weighted by molar-refractivity contribution is 9.10. The van der Waals surface area contributed by atoms with E-state index in [2.05, 4.69) is 31.7 Å². The molecule has 0 fully saturated rings. The van der Waals surface area contributed by atoms with E-state index in [4.69, 9.17) is 5.73 Å². The summed E-state index contributed by atoms with van der Waals surface area (Å²) in [4.78, 5) is 23.7. The lowest BCUT2D eigenvalue weighted by Gasteiger charge is -2.18. The number of benzene rings is 1. The molecule has 4 N–H and O–H groups in total. The lowest BCUT2D eigenvalue weighted by Crippen LogP contribution is -2.35. The minimum atomic E-state index is -0.676. The van der Waals surface area contributed by atoms with Crippen LogP contribution >= 0.6 is 15.9 Å². The van der Waals surface area contributed by atoms with Gasteiger partial charge < -0.3 is 16.4 Å². The van der Waals surface area contributed by atoms with Crippen LogP contribution in [-0.2, 0) is 11.8 Å². The van der Waals surface area contributed by atoms with Crippen LogP contribution in [0.1, 0.15) is 29.4 Å². The second-order valence-electron chi connectivity index (χ2n) is 5.53. The van der Waals surface area contributed by atoms with Crippen molar-refractivity contribution in [2.24, 2.45) is 12.8 Å². The van der Waals surface area contributed by atoms with E-state index in [9.17, 15) is 9.59 Å². The molecule has 0 bridgehead atoms. The monoisotopic (exact) mass is 393 g/mol. The van der Waals surface area contributed by atoms with E-state index in [0.29, 0.717) is 5.69 Å². The second-order valence-corrected chi connectivity index (χ2v) is 6.45. The molecule has 2 rings (SSSR count). The third-order valence-corrected chi connectivity index (χ3v) is 4.28. The molecule has 0 aliphatic carbocycles. The highest BCUT2D eigenvalue weighted by Gasteiger charge is 2.19. The van der Waals surface area contributed by atoms with Gasteiger partial charge in [0.15, 0.2) is 0 Å². The van der Waals surface area contributed by atoms with Crippen LogP contribution in [0, 0.1) is 13.8 Å². The molecular weight excluding hydrogens is 374 g/mol. The van der Waals surface area contributed by atoms with Crippen molar-refractivity contribution in [3.8, 4) is 0 Å². The number of halogens is 1. The van der Waals surface area contributed by atoms with Crippen molar-refractivity contribution in [2.45, 2.75) is 26.3 Å². The van der Waals surface area contributed by atoms with Gasteiger partial charge in [0.1, 0.15) is 0 Å². The van der Waals surface area contributed by atoms with Crippen molar-refractivity contribution in [3.63, 3.8) is 0 Å². The number of nitrogens with zero attached hydrogens (tertiary/aromatic N) is 2. The van der Waals surface area contributed by atoms with Crippen molar-refractivity contribution in [1.82, 2.24) is 15.1 Å². The summed E-state index contributed by atoms with van der Waals surface area (Å²) in [5.41, 5.74) is 8.33. The number of hydrogen-bond acceptors (Lipinski definition) is 3. The number of amides is 3. The molecule has 1 aromatic heterocycles. The number of primary amides is 1. The summed E-state index contributed by atoms with van der Waals surface area (Å²) in [6, 6.07) is 6.17. The predicted octanol–water partition coefficient (Wildman–Crippen LogP) is 2.54. The van der Waals surface area contributed by atoms with E-state index in [1.54, 1.807) is 4.68 Å². The van der Waals surface area contributed by atoms with Crippen LogP contribution < -0.4 is 16.4 Å². The molecule has 0 saturated heterocycles. The molecule has 128 valence electrons. The maximum Gasteiger partial charge on any atom is 0.312 e. The first-order valence-electron chi connectivity index (χ1n) is 7.39. The average molecular weight is 394 g/mol. The second kappa shape index (κ2) is 7.48. The molecule has 0 radical (unpaired) electrons. The normalized spacial score (nSPS) is 11.8. The summed E-state index contributed by atoms with van der Waals surface area (Å²) in [6.07, 6.45) is 0.0678. The van der Waals surface area contributed by atoms with E-state index >= 15 is 0 Å². The van der Waals surface area contributed by atoms with Gasteiger partial charge in [-0.15, -0.1) is 0 Å². The van der Waals surface area contributed by atoms with Crippen LogP contribution in [0.15, 0.2) is 28.7 Å². The Labute approximate surface area is 148 Å². The number of carbonyl (C=O) groups is 2. The molecule has 1 aromatic carbocycles. The zero-order valence-electron chi connectivity index (χ0n) is 13.8. The summed E-state index contributed by atoms with van der Waals surface area (Å²) in [6.45, 7) is 3.71. The van der Waals surface area contributed by atoms with Gasteiger partial charge >= 0.3 is 6.03 Å². The van der Waals surface area contributed by atoms with Crippen molar-refractivity contribution in [3.05, 3.63) is 45.7 Å². The Bertz CT molecular complexity index is 755. The summed E-state index contributed by atoms with van der Waals surface area (Å²) in [5.74, 6) is -0.226. The first kappa shape index (κ1) is 18.0. The van der Waals surface area contributed by atoms with Crippen molar-refractivity contribution in [1.29, 1.82) is 0 Å². The SMILES string of the molecule is Cc1nn(C)c(C)c1NC(=O)CC(NC(N)=O)c1ccc(Br)cc1. The number of urea groups is 1. The van der Waals surface area contributed by atoms with Crippen LogP contribution in [0.3, 0.4) is 0 Å². The molecule has 0 spiro atoms. The van der Waals surface area contributed by atoms with E-state index in [1.807, 2.05) is 45.2 Å². The number of nitrogens with one attached hydrogen (secondary N) is 2. The Kier molecular flexibility index (Phi) is 5.61. The van der Waals surface area contributed by atoms with Crippen molar-refractivity contribution >= 4 is 33.6 Å². The maximum atomic E-state index is 12.4. The molecule has 1 atom stereocenters. The minimum absolute atomic E-state index is 0.0678. The van der Waals surface area contributed by atoms with E-state index in [0.717, 1.165) is 21.4 Å². The lowest BCUT2D eigenvalue weighted by atomic mass is 10.0. The summed E-state index contributed by atoms with van der Waals surface area (Å²) < 4.78 is 2.62. The van der Waals surface area contributed by atoms with Crippen molar-refractivity contribution < 1.29 is 9.59 Å². The van der Waals surface area contributed by atoms with Crippen LogP contribution in [0.4, 0.5) is 10.5 Å². The Balaban J connectivity index is 2.15. The molecule has 8 heteroatoms. The largest absolute Gasteiger partial charge is 0.352 e. The predicted molar refractivity (Wildman–Crippen MR) is 95.5 cm³/mol. The third-order valence-electron chi connectivity index (χ3n) is 3.75. The van der Waals surface area contributed by atoms with Crippen LogP contribution in [0.2, 0.25) is 0 Å². The molecule has 3 amide bonds. The summed E-state index contributed by atoms with van der Waals surface area (Å²) in [7, 11) is 1.82. The Hall–Kier alpha value is -2.35. The van der Waals surface area contributed by atoms with E-state index < -0.39 is 12.1 Å². The third kappa shape index (κ3) is 4.35. The van der Waals surface area contributed by atoms with E-state index in [-0.39, 0.29) is 12.3 Å². The van der Waals surface area contributed by atoms with Crippen LogP contribution in [-0.4, -0.2) is 21.7 Å². The van der Waals surface area contributed by atoms with Crippen molar-refractivity contribution in [2.75, 3.05) is 5.32 Å². The van der Waals surface area contributed by atoms with Gasteiger partial charge in [-0.3, -0.25) is 9.48 Å². The standard InChI is InChI=1S/C16H20BrN5O2/c1-9-15(10(2)22(3)21-9)20-14(23)8-13(19-16(18)24)11-4-6-12(17)7-5-11/h4-7,13H,8H2,1-3H3,(H,20,23)(H3,18,19,24). The number of nitrogens with two attached hydrogens (primary N) is 1. The zero-order chi connectivity index (χ0) is 17.9. The lowest BCUT2D eigenvalue weighted by molar-refractivity contribution is -0.116. The van der Waals surface area contributed by atoms with Crippen LogP contribution in [0.25, 0.3) is 0 Å². The summed E-state index contributed by atoms with van der Waals surface area (Å²) >= 11 is 3.36. The van der Waals surface area contributed by atoms with Gasteiger partial charge in [-0.2, -0.15) is 5.10 Å².